The molecule has 0 aromatic rings. The lowest BCUT2D eigenvalue weighted by Crippen LogP contribution is -2.33. The van der Waals surface area contributed by atoms with E-state index in [4.69, 9.17) is 0 Å². The Kier molecular flexibility index (Phi) is 1.49. The van der Waals surface area contributed by atoms with Crippen LogP contribution in [0.2, 0.25) is 0 Å². The topological polar surface area (TPSA) is 29.1 Å². The summed E-state index contributed by atoms with van der Waals surface area (Å²) in [6, 6.07) is 0. The smallest absolute Gasteiger partial charge is 0.133 e. The van der Waals surface area contributed by atoms with Crippen LogP contribution in [0, 0.1) is 11.8 Å². The molecule has 0 radical (unpaired) electrons. The molecule has 2 nitrogen and oxygen atoms in total. The number of ketones is 1. The van der Waals surface area contributed by atoms with Gasteiger partial charge in [-0.2, -0.15) is 0 Å². The highest BCUT2D eigenvalue weighted by atomic mass is 16.1. The molecule has 1 saturated heterocycles. The van der Waals surface area contributed by atoms with Gasteiger partial charge in [-0.3, -0.25) is 4.79 Å². The van der Waals surface area contributed by atoms with Crippen molar-refractivity contribution < 1.29 is 4.79 Å². The zero-order chi connectivity index (χ0) is 6.97. The summed E-state index contributed by atoms with van der Waals surface area (Å²) in [5.74, 6) is 1.90. The first-order valence-corrected chi connectivity index (χ1v) is 4.08. The summed E-state index contributed by atoms with van der Waals surface area (Å²) in [5.41, 5.74) is 0. The summed E-state index contributed by atoms with van der Waals surface area (Å²) in [7, 11) is 0. The summed E-state index contributed by atoms with van der Waals surface area (Å²) >= 11 is 0. The van der Waals surface area contributed by atoms with Crippen molar-refractivity contribution in [1.29, 1.82) is 0 Å². The maximum absolute atomic E-state index is 11.0. The molecule has 0 spiro atoms. The monoisotopic (exact) mass is 139 g/mol. The van der Waals surface area contributed by atoms with E-state index in [2.05, 4.69) is 5.32 Å². The molecule has 0 aromatic heterocycles. The predicted molar refractivity (Wildman–Crippen MR) is 38.7 cm³/mol. The van der Waals surface area contributed by atoms with Crippen LogP contribution in [0.5, 0.6) is 0 Å². The third kappa shape index (κ3) is 0.966. The summed E-state index contributed by atoms with van der Waals surface area (Å²) in [6.45, 7) is 2.20. The molecule has 2 fully saturated rings. The Bertz CT molecular complexity index is 139. The fraction of sp³-hybridized carbons (Fsp3) is 0.875. The van der Waals surface area contributed by atoms with Crippen LogP contribution < -0.4 is 5.32 Å². The number of fused-ring (bicyclic) bond motifs is 1. The second-order valence-electron chi connectivity index (χ2n) is 3.46. The van der Waals surface area contributed by atoms with Crippen LogP contribution >= 0.6 is 0 Å². The van der Waals surface area contributed by atoms with Gasteiger partial charge in [0.1, 0.15) is 5.78 Å². The molecule has 2 aliphatic rings. The zero-order valence-corrected chi connectivity index (χ0v) is 6.10. The van der Waals surface area contributed by atoms with E-state index < -0.39 is 0 Å². The summed E-state index contributed by atoms with van der Waals surface area (Å²) in [4.78, 5) is 11.0. The maximum atomic E-state index is 11.0. The summed E-state index contributed by atoms with van der Waals surface area (Å²) < 4.78 is 0. The highest BCUT2D eigenvalue weighted by Gasteiger charge is 2.33. The van der Waals surface area contributed by atoms with Crippen molar-refractivity contribution in [3.63, 3.8) is 0 Å². The van der Waals surface area contributed by atoms with E-state index in [0.717, 1.165) is 31.8 Å². The van der Waals surface area contributed by atoms with Gasteiger partial charge in [0.15, 0.2) is 0 Å². The van der Waals surface area contributed by atoms with Gasteiger partial charge in [0, 0.05) is 12.8 Å². The molecule has 1 heterocycles. The van der Waals surface area contributed by atoms with E-state index >= 15 is 0 Å². The van der Waals surface area contributed by atoms with Gasteiger partial charge in [-0.1, -0.05) is 0 Å². The Labute approximate surface area is 61.0 Å². The Balaban J connectivity index is 2.04. The molecule has 1 N–H and O–H groups in total. The molecule has 10 heavy (non-hydrogen) atoms. The zero-order valence-electron chi connectivity index (χ0n) is 6.10. The molecule has 0 amide bonds. The van der Waals surface area contributed by atoms with E-state index in [1.807, 2.05) is 0 Å². The van der Waals surface area contributed by atoms with Gasteiger partial charge in [-0.25, -0.2) is 0 Å². The van der Waals surface area contributed by atoms with Gasteiger partial charge < -0.3 is 5.32 Å². The predicted octanol–water partition coefficient (Wildman–Crippen LogP) is 0.575. The van der Waals surface area contributed by atoms with Gasteiger partial charge in [-0.05, 0) is 31.3 Å². The van der Waals surface area contributed by atoms with Crippen LogP contribution in [0.3, 0.4) is 0 Å². The first-order chi connectivity index (χ1) is 4.86. The minimum absolute atomic E-state index is 0.485. The Morgan fingerprint density at radius 2 is 2.10 bits per heavy atom. The van der Waals surface area contributed by atoms with Gasteiger partial charge in [-0.15, -0.1) is 0 Å². The van der Waals surface area contributed by atoms with Crippen molar-refractivity contribution in [1.82, 2.24) is 5.32 Å². The van der Waals surface area contributed by atoms with Crippen molar-refractivity contribution in [2.45, 2.75) is 19.3 Å². The molecule has 1 saturated carbocycles. The number of hydrogen-bond donors (Lipinski definition) is 1. The average Bonchev–Trinajstić information content (AvgIpc) is 2.27. The highest BCUT2D eigenvalue weighted by molar-refractivity contribution is 5.81. The molecule has 0 aromatic carbocycles. The molecule has 2 rings (SSSR count). The molecule has 56 valence electrons. The van der Waals surface area contributed by atoms with Gasteiger partial charge in [0.25, 0.3) is 0 Å². The molecular weight excluding hydrogens is 126 g/mol. The van der Waals surface area contributed by atoms with E-state index in [-0.39, 0.29) is 0 Å². The number of nitrogens with one attached hydrogen (secondary N) is 1. The fourth-order valence-corrected chi connectivity index (χ4v) is 2.15. The number of piperidine rings is 1. The first kappa shape index (κ1) is 6.35. The van der Waals surface area contributed by atoms with Crippen LogP contribution in [-0.2, 0) is 4.79 Å². The Morgan fingerprint density at radius 3 is 2.90 bits per heavy atom. The minimum atomic E-state index is 0.485. The first-order valence-electron chi connectivity index (χ1n) is 4.08. The van der Waals surface area contributed by atoms with E-state index in [1.54, 1.807) is 0 Å². The second-order valence-corrected chi connectivity index (χ2v) is 3.46. The molecular formula is C8H13NO. The third-order valence-corrected chi connectivity index (χ3v) is 2.74. The molecule has 2 heteroatoms. The van der Waals surface area contributed by atoms with Crippen LogP contribution in [0.15, 0.2) is 0 Å². The van der Waals surface area contributed by atoms with Crippen molar-refractivity contribution in [2.75, 3.05) is 13.1 Å². The van der Waals surface area contributed by atoms with Crippen molar-refractivity contribution in [3.05, 3.63) is 0 Å². The standard InChI is InChI=1S/C8H13NO/c10-8-3-6-1-2-9-5-7(6)4-8/h6-7,9H,1-5H2/t6-,7-/m1/s1. The van der Waals surface area contributed by atoms with E-state index in [1.165, 1.54) is 6.42 Å². The number of rotatable bonds is 0. The third-order valence-electron chi connectivity index (χ3n) is 2.74. The molecule has 2 atom stereocenters. The van der Waals surface area contributed by atoms with E-state index in [9.17, 15) is 4.79 Å². The van der Waals surface area contributed by atoms with E-state index in [0.29, 0.717) is 11.7 Å². The normalized spacial score (nSPS) is 39.8. The number of Topliss-reactive ketones (excluding diaryl/α,β-unsaturated/α-hetero) is 1. The van der Waals surface area contributed by atoms with Crippen LogP contribution in [0.25, 0.3) is 0 Å². The highest BCUT2D eigenvalue weighted by Crippen LogP contribution is 2.32. The fourth-order valence-electron chi connectivity index (χ4n) is 2.15. The van der Waals surface area contributed by atoms with Gasteiger partial charge in [0.2, 0.25) is 0 Å². The lowest BCUT2D eigenvalue weighted by molar-refractivity contribution is -0.117. The number of carbonyl (C=O) groups excluding carboxylic acids is 1. The van der Waals surface area contributed by atoms with Crippen LogP contribution in [-0.4, -0.2) is 18.9 Å². The van der Waals surface area contributed by atoms with Crippen LogP contribution in [0.1, 0.15) is 19.3 Å². The molecule has 1 aliphatic carbocycles. The molecule has 0 bridgehead atoms. The Morgan fingerprint density at radius 1 is 1.30 bits per heavy atom. The lowest BCUT2D eigenvalue weighted by atomic mass is 9.90. The van der Waals surface area contributed by atoms with Crippen molar-refractivity contribution >= 4 is 5.78 Å². The maximum Gasteiger partial charge on any atom is 0.133 e. The minimum Gasteiger partial charge on any atom is -0.316 e. The van der Waals surface area contributed by atoms with Crippen molar-refractivity contribution in [3.8, 4) is 0 Å². The SMILES string of the molecule is O=C1C[C@H]2CCNC[C@H]2C1. The lowest BCUT2D eigenvalue weighted by Gasteiger charge is -2.24. The van der Waals surface area contributed by atoms with Crippen molar-refractivity contribution in [2.24, 2.45) is 11.8 Å². The Hall–Kier alpha value is -0.370. The summed E-state index contributed by atoms with van der Waals surface area (Å²) in [5, 5.41) is 3.32. The van der Waals surface area contributed by atoms with Gasteiger partial charge >= 0.3 is 0 Å². The molecule has 0 unspecified atom stereocenters. The number of carbonyl (C=O) groups is 1. The second kappa shape index (κ2) is 2.35. The molecule has 1 aliphatic heterocycles. The number of hydrogen-bond acceptors (Lipinski definition) is 2. The quantitative estimate of drug-likeness (QED) is 0.531. The largest absolute Gasteiger partial charge is 0.316 e. The average molecular weight is 139 g/mol. The van der Waals surface area contributed by atoms with Gasteiger partial charge in [0.05, 0.1) is 0 Å². The van der Waals surface area contributed by atoms with Crippen LogP contribution in [0.4, 0.5) is 0 Å². The summed E-state index contributed by atoms with van der Waals surface area (Å²) in [6.07, 6.45) is 2.93.